The summed E-state index contributed by atoms with van der Waals surface area (Å²) in [7, 11) is -9.28. The third-order valence-corrected chi connectivity index (χ3v) is 0. The topological polar surface area (TPSA) is 191 Å². The fraction of sp³-hybridized carbons (Fsp3) is 0. The van der Waals surface area contributed by atoms with Crippen LogP contribution in [0.5, 0.6) is 0 Å². The van der Waals surface area contributed by atoms with Gasteiger partial charge in [-0.25, -0.2) is 9.13 Å². The normalized spacial score (nSPS) is 9.83. The van der Waals surface area contributed by atoms with Crippen molar-refractivity contribution in [2.75, 3.05) is 0 Å². The molecule has 0 bridgehead atoms. The summed E-state index contributed by atoms with van der Waals surface area (Å²) in [5, 5.41) is 0. The Morgan fingerprint density at radius 1 is 0.667 bits per heavy atom. The quantitative estimate of drug-likeness (QED) is 0.178. The predicted octanol–water partition coefficient (Wildman–Crippen LogP) is -2.34. The molecule has 0 atom stereocenters. The third-order valence-electron chi connectivity index (χ3n) is 0. The summed E-state index contributed by atoms with van der Waals surface area (Å²) < 4.78 is 17.8. The number of phosphoric acid groups is 2. The minimum absolute atomic E-state index is 0. The molecule has 0 aromatic carbocycles. The van der Waals surface area contributed by atoms with Crippen molar-refractivity contribution in [2.24, 2.45) is 0 Å². The van der Waals surface area contributed by atoms with Crippen molar-refractivity contribution in [3.8, 4) is 0 Å². The fourth-order valence-corrected chi connectivity index (χ4v) is 0. The van der Waals surface area contributed by atoms with Gasteiger partial charge >= 0.3 is 45.2 Å². The SMILES string of the molecule is N.O=P(O)(O)O.O=P(O)(O)O.[NaH]. The van der Waals surface area contributed by atoms with E-state index in [4.69, 9.17) is 38.5 Å². The van der Waals surface area contributed by atoms with Crippen LogP contribution in [0.15, 0.2) is 0 Å². The Balaban J connectivity index is -0.0000000457. The fourth-order valence-electron chi connectivity index (χ4n) is 0. The molecule has 0 fully saturated rings. The van der Waals surface area contributed by atoms with Crippen LogP contribution in [0.4, 0.5) is 0 Å². The minimum atomic E-state index is -4.64. The molecule has 0 heterocycles. The summed E-state index contributed by atoms with van der Waals surface area (Å²) in [5.41, 5.74) is 0. The van der Waals surface area contributed by atoms with E-state index < -0.39 is 15.6 Å². The van der Waals surface area contributed by atoms with Crippen LogP contribution < -0.4 is 6.15 Å². The summed E-state index contributed by atoms with van der Waals surface area (Å²) in [5.74, 6) is 0. The first-order chi connectivity index (χ1) is 4.00. The van der Waals surface area contributed by atoms with Gasteiger partial charge in [0.2, 0.25) is 0 Å². The Hall–Kier alpha value is 1.18. The second-order valence-electron chi connectivity index (χ2n) is 1.03. The van der Waals surface area contributed by atoms with E-state index in [-0.39, 0.29) is 35.7 Å². The average molecular weight is 237 g/mol. The van der Waals surface area contributed by atoms with Crippen LogP contribution in [0.25, 0.3) is 0 Å². The van der Waals surface area contributed by atoms with Gasteiger partial charge in [-0.2, -0.15) is 0 Å². The molecule has 0 aromatic rings. The molecule has 0 aromatic heterocycles. The molecule has 9 N–H and O–H groups in total. The van der Waals surface area contributed by atoms with Crippen molar-refractivity contribution in [1.29, 1.82) is 0 Å². The van der Waals surface area contributed by atoms with Crippen LogP contribution >= 0.6 is 15.6 Å². The van der Waals surface area contributed by atoms with Crippen LogP contribution in [0.1, 0.15) is 0 Å². The number of hydrogen-bond acceptors (Lipinski definition) is 3. The van der Waals surface area contributed by atoms with Crippen molar-refractivity contribution >= 4 is 45.2 Å². The van der Waals surface area contributed by atoms with E-state index >= 15 is 0 Å². The van der Waals surface area contributed by atoms with Gasteiger partial charge in [-0.3, -0.25) is 0 Å². The van der Waals surface area contributed by atoms with Gasteiger partial charge in [0, 0.05) is 0 Å². The van der Waals surface area contributed by atoms with Gasteiger partial charge in [0.15, 0.2) is 0 Å². The van der Waals surface area contributed by atoms with Crippen LogP contribution in [-0.2, 0) is 9.13 Å². The second kappa shape index (κ2) is 8.76. The Morgan fingerprint density at radius 2 is 0.667 bits per heavy atom. The van der Waals surface area contributed by atoms with E-state index in [2.05, 4.69) is 0 Å². The van der Waals surface area contributed by atoms with Crippen molar-refractivity contribution in [3.63, 3.8) is 0 Å². The number of hydrogen-bond donors (Lipinski definition) is 7. The predicted molar refractivity (Wildman–Crippen MR) is 40.7 cm³/mol. The Morgan fingerprint density at radius 3 is 0.667 bits per heavy atom. The first kappa shape index (κ1) is 23.2. The molecule has 0 radical (unpaired) electrons. The van der Waals surface area contributed by atoms with Crippen LogP contribution in [0.2, 0.25) is 0 Å². The molecule has 0 aliphatic heterocycles. The molecule has 0 saturated heterocycles. The number of rotatable bonds is 0. The van der Waals surface area contributed by atoms with E-state index in [1.54, 1.807) is 0 Å². The van der Waals surface area contributed by atoms with E-state index in [1.807, 2.05) is 0 Å². The molecule has 0 spiro atoms. The standard InChI is InChI=1S/H3N.Na.2H3O4P.H/c;;2*1-5(2,3)4;/h1H3;;2*(H3,1,2,3,4);. The molecule has 0 aliphatic carbocycles. The summed E-state index contributed by atoms with van der Waals surface area (Å²) in [6.07, 6.45) is 0. The van der Waals surface area contributed by atoms with Gasteiger partial charge in [-0.05, 0) is 0 Å². The average Bonchev–Trinajstić information content (AvgIpc) is 1.12. The Bertz CT molecular complexity index is 129. The molecular weight excluding hydrogens is 227 g/mol. The van der Waals surface area contributed by atoms with Gasteiger partial charge in [0.1, 0.15) is 0 Å². The van der Waals surface area contributed by atoms with Crippen molar-refractivity contribution in [3.05, 3.63) is 0 Å². The molecule has 9 nitrogen and oxygen atoms in total. The molecule has 0 amide bonds. The summed E-state index contributed by atoms with van der Waals surface area (Å²) >= 11 is 0. The third kappa shape index (κ3) is 832. The first-order valence-electron chi connectivity index (χ1n) is 1.57. The first-order valence-corrected chi connectivity index (χ1v) is 4.70. The molecular formula is H10NNaO8P2. The molecule has 12 heavy (non-hydrogen) atoms. The van der Waals surface area contributed by atoms with Crippen molar-refractivity contribution in [2.45, 2.75) is 0 Å². The maximum atomic E-state index is 8.88. The zero-order valence-corrected chi connectivity index (χ0v) is 6.89. The van der Waals surface area contributed by atoms with Crippen LogP contribution in [0.3, 0.4) is 0 Å². The van der Waals surface area contributed by atoms with E-state index in [1.165, 1.54) is 0 Å². The molecule has 0 rings (SSSR count). The van der Waals surface area contributed by atoms with E-state index in [0.29, 0.717) is 0 Å². The monoisotopic (exact) mass is 237 g/mol. The molecule has 0 unspecified atom stereocenters. The molecule has 0 aliphatic rings. The zero-order valence-electron chi connectivity index (χ0n) is 5.10. The van der Waals surface area contributed by atoms with Gasteiger partial charge in [-0.1, -0.05) is 0 Å². The Labute approximate surface area is 89.8 Å². The maximum absolute atomic E-state index is 8.88. The van der Waals surface area contributed by atoms with Gasteiger partial charge < -0.3 is 35.5 Å². The van der Waals surface area contributed by atoms with E-state index in [9.17, 15) is 0 Å². The van der Waals surface area contributed by atoms with Crippen LogP contribution in [-0.4, -0.2) is 58.9 Å². The van der Waals surface area contributed by atoms with Gasteiger partial charge in [0.25, 0.3) is 0 Å². The van der Waals surface area contributed by atoms with Gasteiger partial charge in [0.05, 0.1) is 0 Å². The molecule has 12 heteroatoms. The molecule has 74 valence electrons. The summed E-state index contributed by atoms with van der Waals surface area (Å²) in [4.78, 5) is 43.1. The Kier molecular flexibility index (Phi) is 16.9. The van der Waals surface area contributed by atoms with Crippen molar-refractivity contribution < 1.29 is 38.5 Å². The van der Waals surface area contributed by atoms with Crippen molar-refractivity contribution in [1.82, 2.24) is 6.15 Å². The summed E-state index contributed by atoms with van der Waals surface area (Å²) in [6.45, 7) is 0. The van der Waals surface area contributed by atoms with Crippen LogP contribution in [0, 0.1) is 0 Å². The zero-order chi connectivity index (χ0) is 9.00. The molecule has 0 saturated carbocycles. The van der Waals surface area contributed by atoms with E-state index in [0.717, 1.165) is 0 Å². The second-order valence-corrected chi connectivity index (χ2v) is 3.08. The van der Waals surface area contributed by atoms with Gasteiger partial charge in [-0.15, -0.1) is 0 Å². The summed E-state index contributed by atoms with van der Waals surface area (Å²) in [6, 6.07) is 0.